The molecular weight excluding hydrogens is 288 g/mol. The summed E-state index contributed by atoms with van der Waals surface area (Å²) in [5, 5.41) is 0. The molecule has 0 saturated carbocycles. The summed E-state index contributed by atoms with van der Waals surface area (Å²) in [4.78, 5) is 28.1. The molecule has 23 heavy (non-hydrogen) atoms. The van der Waals surface area contributed by atoms with Gasteiger partial charge in [0.1, 0.15) is 0 Å². The quantitative estimate of drug-likeness (QED) is 0.838. The first-order valence-corrected chi connectivity index (χ1v) is 8.57. The molecule has 0 atom stereocenters. The number of nitrogens with zero attached hydrogens (tertiary/aromatic N) is 2. The highest BCUT2D eigenvalue weighted by Crippen LogP contribution is 2.11. The standard InChI is InChI=1S/C19H28N2O2/c1-15(2)14-19(23)21-12-10-20(11-13-21)18(22)9-8-17-6-4-16(3)5-7-17/h4-7,15H,8-14H2,1-3H3. The molecule has 1 aliphatic rings. The lowest BCUT2D eigenvalue weighted by atomic mass is 10.1. The van der Waals surface area contributed by atoms with Crippen molar-refractivity contribution in [2.75, 3.05) is 26.2 Å². The highest BCUT2D eigenvalue weighted by atomic mass is 16.2. The van der Waals surface area contributed by atoms with E-state index in [-0.39, 0.29) is 11.8 Å². The molecule has 1 aromatic carbocycles. The van der Waals surface area contributed by atoms with Gasteiger partial charge in [-0.05, 0) is 24.8 Å². The lowest BCUT2D eigenvalue weighted by molar-refractivity contribution is -0.140. The molecule has 0 radical (unpaired) electrons. The van der Waals surface area contributed by atoms with Gasteiger partial charge in [-0.2, -0.15) is 0 Å². The summed E-state index contributed by atoms with van der Waals surface area (Å²) in [6, 6.07) is 8.34. The summed E-state index contributed by atoms with van der Waals surface area (Å²) in [6.07, 6.45) is 1.93. The second-order valence-corrected chi connectivity index (χ2v) is 6.85. The average molecular weight is 316 g/mol. The first-order valence-electron chi connectivity index (χ1n) is 8.57. The molecule has 4 heteroatoms. The lowest BCUT2D eigenvalue weighted by Gasteiger charge is -2.35. The molecule has 4 nitrogen and oxygen atoms in total. The third-order valence-electron chi connectivity index (χ3n) is 4.32. The predicted molar refractivity (Wildman–Crippen MR) is 92.1 cm³/mol. The number of benzene rings is 1. The van der Waals surface area contributed by atoms with Crippen LogP contribution in [0.4, 0.5) is 0 Å². The fraction of sp³-hybridized carbons (Fsp3) is 0.579. The Balaban J connectivity index is 1.75. The Hall–Kier alpha value is -1.84. The van der Waals surface area contributed by atoms with Crippen molar-refractivity contribution in [3.05, 3.63) is 35.4 Å². The molecule has 2 amide bonds. The van der Waals surface area contributed by atoms with Crippen molar-refractivity contribution in [3.63, 3.8) is 0 Å². The van der Waals surface area contributed by atoms with Crippen LogP contribution in [0.3, 0.4) is 0 Å². The molecule has 0 N–H and O–H groups in total. The number of hydrogen-bond acceptors (Lipinski definition) is 2. The zero-order valence-electron chi connectivity index (χ0n) is 14.5. The summed E-state index contributed by atoms with van der Waals surface area (Å²) >= 11 is 0. The van der Waals surface area contributed by atoms with Crippen LogP contribution in [0.5, 0.6) is 0 Å². The number of carbonyl (C=O) groups is 2. The Kier molecular flexibility index (Phi) is 6.20. The van der Waals surface area contributed by atoms with E-state index >= 15 is 0 Å². The van der Waals surface area contributed by atoms with Crippen LogP contribution in [0.25, 0.3) is 0 Å². The highest BCUT2D eigenvalue weighted by molar-refractivity contribution is 5.78. The summed E-state index contributed by atoms with van der Waals surface area (Å²) < 4.78 is 0. The molecule has 0 unspecified atom stereocenters. The van der Waals surface area contributed by atoms with Gasteiger partial charge >= 0.3 is 0 Å². The van der Waals surface area contributed by atoms with Crippen molar-refractivity contribution in [2.45, 2.75) is 40.0 Å². The van der Waals surface area contributed by atoms with Crippen molar-refractivity contribution >= 4 is 11.8 Å². The van der Waals surface area contributed by atoms with Gasteiger partial charge in [0.2, 0.25) is 11.8 Å². The lowest BCUT2D eigenvalue weighted by Crippen LogP contribution is -2.50. The van der Waals surface area contributed by atoms with Crippen LogP contribution in [0.15, 0.2) is 24.3 Å². The molecule has 1 heterocycles. The minimum Gasteiger partial charge on any atom is -0.339 e. The third kappa shape index (κ3) is 5.38. The van der Waals surface area contributed by atoms with E-state index in [1.54, 1.807) is 0 Å². The van der Waals surface area contributed by atoms with Crippen molar-refractivity contribution in [1.82, 2.24) is 9.80 Å². The first-order chi connectivity index (χ1) is 11.0. The van der Waals surface area contributed by atoms with Crippen LogP contribution in [0.2, 0.25) is 0 Å². The number of hydrogen-bond donors (Lipinski definition) is 0. The van der Waals surface area contributed by atoms with E-state index in [1.807, 2.05) is 9.80 Å². The van der Waals surface area contributed by atoms with Gasteiger partial charge in [0.25, 0.3) is 0 Å². The van der Waals surface area contributed by atoms with E-state index in [1.165, 1.54) is 11.1 Å². The summed E-state index contributed by atoms with van der Waals surface area (Å²) in [5.41, 5.74) is 2.44. The molecule has 1 aliphatic heterocycles. The predicted octanol–water partition coefficient (Wildman–Crippen LogP) is 2.64. The van der Waals surface area contributed by atoms with Gasteiger partial charge in [-0.25, -0.2) is 0 Å². The number of rotatable bonds is 5. The maximum atomic E-state index is 12.3. The fourth-order valence-electron chi connectivity index (χ4n) is 2.85. The van der Waals surface area contributed by atoms with Crippen molar-refractivity contribution < 1.29 is 9.59 Å². The minimum atomic E-state index is 0.196. The fourth-order valence-corrected chi connectivity index (χ4v) is 2.85. The van der Waals surface area contributed by atoms with Crippen LogP contribution in [0, 0.1) is 12.8 Å². The van der Waals surface area contributed by atoms with E-state index in [9.17, 15) is 9.59 Å². The van der Waals surface area contributed by atoms with Gasteiger partial charge < -0.3 is 9.80 Å². The average Bonchev–Trinajstić information content (AvgIpc) is 2.53. The second-order valence-electron chi connectivity index (χ2n) is 6.85. The third-order valence-corrected chi connectivity index (χ3v) is 4.32. The summed E-state index contributed by atoms with van der Waals surface area (Å²) in [6.45, 7) is 8.84. The van der Waals surface area contributed by atoms with E-state index in [0.717, 1.165) is 6.42 Å². The molecule has 0 spiro atoms. The zero-order chi connectivity index (χ0) is 16.8. The Morgan fingerprint density at radius 2 is 1.48 bits per heavy atom. The van der Waals surface area contributed by atoms with Gasteiger partial charge in [-0.1, -0.05) is 43.7 Å². The molecule has 1 fully saturated rings. The second kappa shape index (κ2) is 8.14. The van der Waals surface area contributed by atoms with Gasteiger partial charge in [0, 0.05) is 39.0 Å². The van der Waals surface area contributed by atoms with Crippen molar-refractivity contribution in [3.8, 4) is 0 Å². The van der Waals surface area contributed by atoms with Crippen LogP contribution in [-0.2, 0) is 16.0 Å². The molecule has 1 aromatic rings. The smallest absolute Gasteiger partial charge is 0.223 e. The normalized spacial score (nSPS) is 15.1. The van der Waals surface area contributed by atoms with Crippen molar-refractivity contribution in [2.24, 2.45) is 5.92 Å². The van der Waals surface area contributed by atoms with Crippen LogP contribution in [0.1, 0.15) is 37.8 Å². The molecule has 126 valence electrons. The van der Waals surface area contributed by atoms with Crippen molar-refractivity contribution in [1.29, 1.82) is 0 Å². The van der Waals surface area contributed by atoms with E-state index < -0.39 is 0 Å². The van der Waals surface area contributed by atoms with Gasteiger partial charge in [-0.3, -0.25) is 9.59 Å². The van der Waals surface area contributed by atoms with Gasteiger partial charge in [0.05, 0.1) is 0 Å². The number of aryl methyl sites for hydroxylation is 2. The number of amides is 2. The Morgan fingerprint density at radius 1 is 0.957 bits per heavy atom. The largest absolute Gasteiger partial charge is 0.339 e. The zero-order valence-corrected chi connectivity index (χ0v) is 14.5. The molecule has 0 aromatic heterocycles. The molecule has 0 bridgehead atoms. The SMILES string of the molecule is Cc1ccc(CCC(=O)N2CCN(C(=O)CC(C)C)CC2)cc1. The maximum Gasteiger partial charge on any atom is 0.223 e. The van der Waals surface area contributed by atoms with Crippen LogP contribution in [-0.4, -0.2) is 47.8 Å². The number of piperazine rings is 1. The number of carbonyl (C=O) groups excluding carboxylic acids is 2. The van der Waals surface area contributed by atoms with Gasteiger partial charge in [0.15, 0.2) is 0 Å². The van der Waals surface area contributed by atoms with E-state index in [4.69, 9.17) is 0 Å². The summed E-state index contributed by atoms with van der Waals surface area (Å²) in [5.74, 6) is 0.796. The topological polar surface area (TPSA) is 40.6 Å². The Morgan fingerprint density at radius 3 is 2.00 bits per heavy atom. The van der Waals surface area contributed by atoms with E-state index in [0.29, 0.717) is 44.9 Å². The molecule has 2 rings (SSSR count). The Bertz CT molecular complexity index is 529. The Labute approximate surface area is 139 Å². The van der Waals surface area contributed by atoms with Gasteiger partial charge in [-0.15, -0.1) is 0 Å². The molecule has 1 saturated heterocycles. The minimum absolute atomic E-state index is 0.196. The van der Waals surface area contributed by atoms with Crippen LogP contribution >= 0.6 is 0 Å². The first kappa shape index (κ1) is 17.5. The maximum absolute atomic E-state index is 12.3. The van der Waals surface area contributed by atoms with Crippen LogP contribution < -0.4 is 0 Å². The monoisotopic (exact) mass is 316 g/mol. The molecule has 0 aliphatic carbocycles. The summed E-state index contributed by atoms with van der Waals surface area (Å²) in [7, 11) is 0. The van der Waals surface area contributed by atoms with E-state index in [2.05, 4.69) is 45.0 Å². The molecular formula is C19H28N2O2. The highest BCUT2D eigenvalue weighted by Gasteiger charge is 2.24.